The van der Waals surface area contributed by atoms with Gasteiger partial charge in [0, 0.05) is 6.07 Å². The predicted molar refractivity (Wildman–Crippen MR) is 106 cm³/mol. The molecule has 0 saturated heterocycles. The smallest absolute Gasteiger partial charge is 0.177 e. The first-order valence-electron chi connectivity index (χ1n) is 10.8. The largest absolute Gasteiger partial charge is 0.545 e. The Balaban J connectivity index is 1.96. The third-order valence-corrected chi connectivity index (χ3v) is 5.21. The van der Waals surface area contributed by atoms with Crippen molar-refractivity contribution in [1.29, 1.82) is 0 Å². The summed E-state index contributed by atoms with van der Waals surface area (Å²) >= 11 is 0. The van der Waals surface area contributed by atoms with Crippen LogP contribution < -0.4 is 9.67 Å². The number of carboxylic acids is 1. The van der Waals surface area contributed by atoms with Gasteiger partial charge < -0.3 is 9.90 Å². The molecular formula is C23H39NO2. The number of aromatic nitrogens is 1. The molecule has 3 heteroatoms. The highest BCUT2D eigenvalue weighted by Crippen LogP contribution is 2.14. The van der Waals surface area contributed by atoms with Crippen LogP contribution >= 0.6 is 0 Å². The summed E-state index contributed by atoms with van der Waals surface area (Å²) in [6.45, 7) is 2.27. The van der Waals surface area contributed by atoms with Gasteiger partial charge in [0.1, 0.15) is 7.05 Å². The molecule has 0 amide bonds. The SMILES string of the molecule is CCCCCCCCCCCCCCCCc1cc[n+](C)cc1C(=O)[O-]. The van der Waals surface area contributed by atoms with Gasteiger partial charge in [0.15, 0.2) is 12.4 Å². The quantitative estimate of drug-likeness (QED) is 0.310. The third-order valence-electron chi connectivity index (χ3n) is 5.21. The third kappa shape index (κ3) is 10.6. The Kier molecular flexibility index (Phi) is 12.9. The van der Waals surface area contributed by atoms with Gasteiger partial charge in [-0.2, -0.15) is 0 Å². The van der Waals surface area contributed by atoms with Crippen LogP contribution in [0.4, 0.5) is 0 Å². The van der Waals surface area contributed by atoms with Crippen molar-refractivity contribution >= 4 is 5.97 Å². The van der Waals surface area contributed by atoms with Gasteiger partial charge in [-0.1, -0.05) is 90.4 Å². The van der Waals surface area contributed by atoms with Crippen LogP contribution in [0.5, 0.6) is 0 Å². The van der Waals surface area contributed by atoms with Gasteiger partial charge in [-0.05, 0) is 18.4 Å². The standard InChI is InChI=1S/C23H39NO2/c1-3-4-5-6-7-8-9-10-11-12-13-14-15-16-17-21-18-19-24(2)20-22(21)23(25)26/h18-20H,3-17H2,1-2H3. The molecule has 0 aromatic carbocycles. The van der Waals surface area contributed by atoms with E-state index in [2.05, 4.69) is 6.92 Å². The average molecular weight is 362 g/mol. The van der Waals surface area contributed by atoms with Gasteiger partial charge in [0.05, 0.1) is 11.5 Å². The maximum Gasteiger partial charge on any atom is 0.177 e. The van der Waals surface area contributed by atoms with Crippen molar-refractivity contribution in [3.05, 3.63) is 29.6 Å². The number of carbonyl (C=O) groups excluding carboxylic acids is 1. The zero-order valence-electron chi connectivity index (χ0n) is 17.1. The summed E-state index contributed by atoms with van der Waals surface area (Å²) in [5, 5.41) is 11.2. The number of carbonyl (C=O) groups is 1. The van der Waals surface area contributed by atoms with Crippen LogP contribution in [-0.2, 0) is 13.5 Å². The van der Waals surface area contributed by atoms with Crippen LogP contribution in [0.25, 0.3) is 0 Å². The van der Waals surface area contributed by atoms with Crippen LogP contribution in [0.2, 0.25) is 0 Å². The molecule has 148 valence electrons. The molecule has 0 radical (unpaired) electrons. The Morgan fingerprint density at radius 2 is 1.31 bits per heavy atom. The monoisotopic (exact) mass is 361 g/mol. The molecule has 3 nitrogen and oxygen atoms in total. The van der Waals surface area contributed by atoms with Crippen LogP contribution in [0.15, 0.2) is 18.5 Å². The molecule has 0 aliphatic carbocycles. The Labute approximate surface area is 160 Å². The molecule has 0 saturated carbocycles. The van der Waals surface area contributed by atoms with E-state index in [0.29, 0.717) is 5.56 Å². The number of unbranched alkanes of at least 4 members (excludes halogenated alkanes) is 13. The first-order valence-corrected chi connectivity index (χ1v) is 10.8. The van der Waals surface area contributed by atoms with Crippen molar-refractivity contribution in [2.45, 2.75) is 103 Å². The van der Waals surface area contributed by atoms with Crippen molar-refractivity contribution in [3.63, 3.8) is 0 Å². The minimum Gasteiger partial charge on any atom is -0.545 e. The summed E-state index contributed by atoms with van der Waals surface area (Å²) in [6, 6.07) is 1.91. The van der Waals surface area contributed by atoms with Crippen LogP contribution in [0.1, 0.15) is 113 Å². The summed E-state index contributed by atoms with van der Waals surface area (Å²) in [7, 11) is 1.84. The highest BCUT2D eigenvalue weighted by Gasteiger charge is 2.08. The molecule has 0 spiro atoms. The number of aromatic carboxylic acids is 1. The molecule has 0 bridgehead atoms. The molecule has 1 rings (SSSR count). The van der Waals surface area contributed by atoms with Crippen molar-refractivity contribution in [1.82, 2.24) is 0 Å². The van der Waals surface area contributed by atoms with Gasteiger partial charge in [0.2, 0.25) is 0 Å². The zero-order valence-corrected chi connectivity index (χ0v) is 17.1. The van der Waals surface area contributed by atoms with Gasteiger partial charge in [-0.25, -0.2) is 4.57 Å². The number of hydrogen-bond acceptors (Lipinski definition) is 2. The second-order valence-corrected chi connectivity index (χ2v) is 7.68. The van der Waals surface area contributed by atoms with E-state index < -0.39 is 5.97 Å². The van der Waals surface area contributed by atoms with E-state index in [1.165, 1.54) is 83.5 Å². The summed E-state index contributed by atoms with van der Waals surface area (Å²) in [4.78, 5) is 11.2. The van der Waals surface area contributed by atoms with E-state index in [0.717, 1.165) is 18.4 Å². The maximum atomic E-state index is 11.2. The molecule has 1 aromatic rings. The Hall–Kier alpha value is -1.38. The minimum absolute atomic E-state index is 0.338. The van der Waals surface area contributed by atoms with E-state index in [4.69, 9.17) is 0 Å². The highest BCUT2D eigenvalue weighted by molar-refractivity contribution is 5.86. The number of hydrogen-bond donors (Lipinski definition) is 0. The Bertz CT molecular complexity index is 499. The number of nitrogens with zero attached hydrogens (tertiary/aromatic N) is 1. The van der Waals surface area contributed by atoms with E-state index >= 15 is 0 Å². The Morgan fingerprint density at radius 1 is 0.846 bits per heavy atom. The van der Waals surface area contributed by atoms with Crippen LogP contribution in [-0.4, -0.2) is 5.97 Å². The van der Waals surface area contributed by atoms with Gasteiger partial charge >= 0.3 is 0 Å². The van der Waals surface area contributed by atoms with Crippen molar-refractivity contribution in [3.8, 4) is 0 Å². The summed E-state index contributed by atoms with van der Waals surface area (Å²) in [6.07, 6.45) is 23.2. The zero-order chi connectivity index (χ0) is 19.0. The summed E-state index contributed by atoms with van der Waals surface area (Å²) < 4.78 is 1.76. The molecule has 0 aliphatic heterocycles. The molecule has 0 fully saturated rings. The first kappa shape index (κ1) is 22.7. The fourth-order valence-corrected chi connectivity index (χ4v) is 3.54. The van der Waals surface area contributed by atoms with Gasteiger partial charge in [-0.3, -0.25) is 0 Å². The molecule has 0 N–H and O–H groups in total. The minimum atomic E-state index is -1.07. The molecule has 0 aliphatic rings. The summed E-state index contributed by atoms with van der Waals surface area (Å²) in [5.41, 5.74) is 1.24. The lowest BCUT2D eigenvalue weighted by atomic mass is 10.0. The number of pyridine rings is 1. The molecule has 0 atom stereocenters. The maximum absolute atomic E-state index is 11.2. The van der Waals surface area contributed by atoms with E-state index in [1.54, 1.807) is 10.8 Å². The van der Waals surface area contributed by atoms with Gasteiger partial charge in [0.25, 0.3) is 0 Å². The second kappa shape index (κ2) is 14.8. The molecule has 26 heavy (non-hydrogen) atoms. The van der Waals surface area contributed by atoms with Crippen LogP contribution in [0, 0.1) is 0 Å². The average Bonchev–Trinajstić information content (AvgIpc) is 2.62. The second-order valence-electron chi connectivity index (χ2n) is 7.68. The van der Waals surface area contributed by atoms with E-state index in [-0.39, 0.29) is 0 Å². The molecule has 1 aromatic heterocycles. The molecule has 0 unspecified atom stereocenters. The fraction of sp³-hybridized carbons (Fsp3) is 0.739. The van der Waals surface area contributed by atoms with E-state index in [1.807, 2.05) is 19.3 Å². The van der Waals surface area contributed by atoms with Crippen molar-refractivity contribution in [2.24, 2.45) is 7.05 Å². The Morgan fingerprint density at radius 3 is 1.77 bits per heavy atom. The van der Waals surface area contributed by atoms with Crippen molar-refractivity contribution in [2.75, 3.05) is 0 Å². The van der Waals surface area contributed by atoms with E-state index in [9.17, 15) is 9.90 Å². The lowest BCUT2D eigenvalue weighted by Crippen LogP contribution is -2.32. The lowest BCUT2D eigenvalue weighted by molar-refractivity contribution is -0.671. The van der Waals surface area contributed by atoms with Crippen molar-refractivity contribution < 1.29 is 14.5 Å². The molecule has 1 heterocycles. The number of aryl methyl sites for hydroxylation is 2. The number of rotatable bonds is 16. The number of carboxylic acid groups (broad SMARTS) is 1. The first-order chi connectivity index (χ1) is 12.6. The molecular weight excluding hydrogens is 322 g/mol. The highest BCUT2D eigenvalue weighted by atomic mass is 16.4. The summed E-state index contributed by atoms with van der Waals surface area (Å²) in [5.74, 6) is -1.07. The fourth-order valence-electron chi connectivity index (χ4n) is 3.54. The van der Waals surface area contributed by atoms with Gasteiger partial charge in [-0.15, -0.1) is 0 Å². The predicted octanol–water partition coefficient (Wildman–Crippen LogP) is 4.90. The van der Waals surface area contributed by atoms with Crippen LogP contribution in [0.3, 0.4) is 0 Å². The topological polar surface area (TPSA) is 44.0 Å². The lowest BCUT2D eigenvalue weighted by Gasteiger charge is -2.08. The normalized spacial score (nSPS) is 11.0.